The fourth-order valence-corrected chi connectivity index (χ4v) is 2.69. The van der Waals surface area contributed by atoms with Crippen molar-refractivity contribution in [2.24, 2.45) is 5.73 Å². The van der Waals surface area contributed by atoms with Crippen LogP contribution in [0.3, 0.4) is 0 Å². The summed E-state index contributed by atoms with van der Waals surface area (Å²) >= 11 is 0. The van der Waals surface area contributed by atoms with Crippen LogP contribution in [0.5, 0.6) is 0 Å². The van der Waals surface area contributed by atoms with Gasteiger partial charge in [-0.15, -0.1) is 0 Å². The maximum absolute atomic E-state index is 5.70. The van der Waals surface area contributed by atoms with E-state index in [1.54, 1.807) is 0 Å². The minimum absolute atomic E-state index is 0. The largest absolute Gasteiger partial charge is 1.00 e. The van der Waals surface area contributed by atoms with Crippen molar-refractivity contribution in [3.63, 3.8) is 0 Å². The fourth-order valence-electron chi connectivity index (χ4n) is 2.69. The topological polar surface area (TPSA) is 26.0 Å². The number of hydrogen-bond acceptors (Lipinski definition) is 1. The first-order valence-corrected chi connectivity index (χ1v) is 7.78. The lowest BCUT2D eigenvalue weighted by Crippen LogP contribution is -3.00. The molecule has 0 bridgehead atoms. The van der Waals surface area contributed by atoms with Crippen LogP contribution in [0.4, 0.5) is 0 Å². The van der Waals surface area contributed by atoms with Crippen LogP contribution in [0, 0.1) is 0 Å². The molecule has 0 saturated heterocycles. The summed E-state index contributed by atoms with van der Waals surface area (Å²) in [5, 5.41) is 0. The standard InChI is InChI=1S/C17H31N2.ClH/c1-3-4-5-9-14-19(2,15-10-13-18)16-17-11-7-6-8-12-17;/h6-8,11-12H,3-5,9-10,13-16,18H2,1-2H3;1H/q+1;/p-1. The van der Waals surface area contributed by atoms with Crippen molar-refractivity contribution < 1.29 is 16.9 Å². The number of benzene rings is 1. The van der Waals surface area contributed by atoms with E-state index in [4.69, 9.17) is 5.73 Å². The highest BCUT2D eigenvalue weighted by molar-refractivity contribution is 5.13. The second-order valence-electron chi connectivity index (χ2n) is 5.91. The molecule has 1 aromatic carbocycles. The van der Waals surface area contributed by atoms with E-state index in [2.05, 4.69) is 44.3 Å². The summed E-state index contributed by atoms with van der Waals surface area (Å²) in [7, 11) is 2.38. The van der Waals surface area contributed by atoms with Crippen LogP contribution in [0.15, 0.2) is 30.3 Å². The molecule has 20 heavy (non-hydrogen) atoms. The summed E-state index contributed by atoms with van der Waals surface area (Å²) < 4.78 is 1.13. The van der Waals surface area contributed by atoms with Gasteiger partial charge in [0.1, 0.15) is 6.54 Å². The number of hydrogen-bond donors (Lipinski definition) is 1. The van der Waals surface area contributed by atoms with Gasteiger partial charge in [0.25, 0.3) is 0 Å². The van der Waals surface area contributed by atoms with E-state index < -0.39 is 0 Å². The van der Waals surface area contributed by atoms with Gasteiger partial charge in [0.15, 0.2) is 0 Å². The number of nitrogens with two attached hydrogens (primary N) is 1. The summed E-state index contributed by atoms with van der Waals surface area (Å²) in [4.78, 5) is 0. The molecule has 2 N–H and O–H groups in total. The van der Waals surface area contributed by atoms with Gasteiger partial charge in [-0.05, 0) is 19.4 Å². The SMILES string of the molecule is CCCCCC[N+](C)(CCCN)Cc1ccccc1.[Cl-]. The van der Waals surface area contributed by atoms with E-state index in [0.717, 1.165) is 24.0 Å². The Balaban J connectivity index is 0.00000361. The van der Waals surface area contributed by atoms with Gasteiger partial charge in [-0.3, -0.25) is 0 Å². The molecule has 1 rings (SSSR count). The zero-order valence-electron chi connectivity index (χ0n) is 13.2. The average molecular weight is 299 g/mol. The molecule has 0 spiro atoms. The monoisotopic (exact) mass is 298 g/mol. The van der Waals surface area contributed by atoms with Crippen molar-refractivity contribution in [2.45, 2.75) is 45.6 Å². The van der Waals surface area contributed by atoms with Gasteiger partial charge in [0.05, 0.1) is 20.1 Å². The van der Waals surface area contributed by atoms with E-state index in [1.165, 1.54) is 44.3 Å². The maximum Gasteiger partial charge on any atom is 0.104 e. The third-order valence-electron chi connectivity index (χ3n) is 3.86. The van der Waals surface area contributed by atoms with Crippen molar-refractivity contribution in [3.05, 3.63) is 35.9 Å². The van der Waals surface area contributed by atoms with Gasteiger partial charge in [-0.1, -0.05) is 50.1 Å². The molecule has 0 fully saturated rings. The van der Waals surface area contributed by atoms with E-state index >= 15 is 0 Å². The van der Waals surface area contributed by atoms with Gasteiger partial charge in [0, 0.05) is 12.0 Å². The first-order valence-electron chi connectivity index (χ1n) is 7.78. The number of nitrogens with zero attached hydrogens (tertiary/aromatic N) is 1. The van der Waals surface area contributed by atoms with Crippen LogP contribution in [-0.4, -0.2) is 31.2 Å². The molecule has 0 aromatic heterocycles. The molecule has 1 aromatic rings. The first-order chi connectivity index (χ1) is 9.20. The Morgan fingerprint density at radius 1 is 0.950 bits per heavy atom. The number of quaternary nitrogens is 1. The molecule has 2 nitrogen and oxygen atoms in total. The zero-order valence-corrected chi connectivity index (χ0v) is 13.9. The molecule has 0 aliphatic carbocycles. The van der Waals surface area contributed by atoms with Crippen molar-refractivity contribution >= 4 is 0 Å². The van der Waals surface area contributed by atoms with Gasteiger partial charge < -0.3 is 22.6 Å². The number of rotatable bonds is 10. The summed E-state index contributed by atoms with van der Waals surface area (Å²) in [5.74, 6) is 0. The van der Waals surface area contributed by atoms with E-state index in [9.17, 15) is 0 Å². The average Bonchev–Trinajstić information content (AvgIpc) is 2.43. The third-order valence-corrected chi connectivity index (χ3v) is 3.86. The minimum atomic E-state index is 0. The van der Waals surface area contributed by atoms with Gasteiger partial charge in [-0.2, -0.15) is 0 Å². The molecule has 1 unspecified atom stereocenters. The van der Waals surface area contributed by atoms with Crippen molar-refractivity contribution in [1.29, 1.82) is 0 Å². The Morgan fingerprint density at radius 2 is 1.60 bits per heavy atom. The highest BCUT2D eigenvalue weighted by Crippen LogP contribution is 2.15. The minimum Gasteiger partial charge on any atom is -1.00 e. The van der Waals surface area contributed by atoms with Crippen LogP contribution in [-0.2, 0) is 6.54 Å². The summed E-state index contributed by atoms with van der Waals surface area (Å²) in [6.45, 7) is 6.67. The summed E-state index contributed by atoms with van der Waals surface area (Å²) in [6.07, 6.45) is 6.49. The van der Waals surface area contributed by atoms with Crippen LogP contribution >= 0.6 is 0 Å². The molecule has 3 heteroatoms. The Labute approximate surface area is 131 Å². The molecule has 0 amide bonds. The highest BCUT2D eigenvalue weighted by atomic mass is 35.5. The first kappa shape index (κ1) is 19.4. The predicted octanol–water partition coefficient (Wildman–Crippen LogP) is 0.566. The van der Waals surface area contributed by atoms with Crippen LogP contribution in [0.25, 0.3) is 0 Å². The van der Waals surface area contributed by atoms with E-state index in [0.29, 0.717) is 0 Å². The molecule has 0 heterocycles. The van der Waals surface area contributed by atoms with Crippen molar-refractivity contribution in [3.8, 4) is 0 Å². The Hall–Kier alpha value is -0.570. The summed E-state index contributed by atoms with van der Waals surface area (Å²) in [6, 6.07) is 10.9. The highest BCUT2D eigenvalue weighted by Gasteiger charge is 2.20. The van der Waals surface area contributed by atoms with E-state index in [-0.39, 0.29) is 12.4 Å². The van der Waals surface area contributed by atoms with Crippen LogP contribution in [0.2, 0.25) is 0 Å². The fraction of sp³-hybridized carbons (Fsp3) is 0.647. The number of unbranched alkanes of at least 4 members (excludes halogenated alkanes) is 3. The predicted molar refractivity (Wildman–Crippen MR) is 83.9 cm³/mol. The smallest absolute Gasteiger partial charge is 0.104 e. The Morgan fingerprint density at radius 3 is 2.20 bits per heavy atom. The maximum atomic E-state index is 5.70. The molecule has 0 saturated carbocycles. The van der Waals surface area contributed by atoms with Crippen LogP contribution in [0.1, 0.15) is 44.6 Å². The molecule has 0 aliphatic heterocycles. The molecule has 116 valence electrons. The van der Waals surface area contributed by atoms with Crippen molar-refractivity contribution in [1.82, 2.24) is 0 Å². The normalized spacial score (nSPS) is 13.6. The number of halogens is 1. The molecule has 0 radical (unpaired) electrons. The quantitative estimate of drug-likeness (QED) is 0.496. The molecule has 0 aliphatic rings. The lowest BCUT2D eigenvalue weighted by Gasteiger charge is -2.35. The lowest BCUT2D eigenvalue weighted by atomic mass is 10.1. The third kappa shape index (κ3) is 7.88. The Kier molecular flexibility index (Phi) is 10.8. The molecule has 1 atom stereocenters. The molecular formula is C17H31ClN2. The lowest BCUT2D eigenvalue weighted by molar-refractivity contribution is -0.922. The second-order valence-corrected chi connectivity index (χ2v) is 5.91. The second kappa shape index (κ2) is 11.1. The van der Waals surface area contributed by atoms with Crippen LogP contribution < -0.4 is 18.1 Å². The van der Waals surface area contributed by atoms with E-state index in [1.807, 2.05) is 0 Å². The zero-order chi connectivity index (χ0) is 14.0. The Bertz CT molecular complexity index is 329. The van der Waals surface area contributed by atoms with Gasteiger partial charge >= 0.3 is 0 Å². The van der Waals surface area contributed by atoms with Crippen molar-refractivity contribution in [2.75, 3.05) is 26.7 Å². The van der Waals surface area contributed by atoms with Gasteiger partial charge in [0.2, 0.25) is 0 Å². The van der Waals surface area contributed by atoms with Gasteiger partial charge in [-0.25, -0.2) is 0 Å². The summed E-state index contributed by atoms with van der Waals surface area (Å²) in [5.41, 5.74) is 7.14. The molecular weight excluding hydrogens is 268 g/mol.